The Bertz CT molecular complexity index is 850. The van der Waals surface area contributed by atoms with Crippen LogP contribution in [0.5, 0.6) is 11.6 Å². The van der Waals surface area contributed by atoms with Gasteiger partial charge in [0.1, 0.15) is 5.56 Å². The van der Waals surface area contributed by atoms with Crippen LogP contribution < -0.4 is 0 Å². The van der Waals surface area contributed by atoms with Crippen LogP contribution in [0.15, 0.2) is 24.4 Å². The van der Waals surface area contributed by atoms with Crippen molar-refractivity contribution in [2.45, 2.75) is 13.1 Å². The van der Waals surface area contributed by atoms with Gasteiger partial charge in [-0.3, -0.25) is 9.69 Å². The Morgan fingerprint density at radius 3 is 2.57 bits per heavy atom. The van der Waals surface area contributed by atoms with E-state index in [1.165, 1.54) is 15.7 Å². The minimum Gasteiger partial charge on any atom is -0.503 e. The summed E-state index contributed by atoms with van der Waals surface area (Å²) in [5.41, 5.74) is 0.864. The van der Waals surface area contributed by atoms with Crippen molar-refractivity contribution < 1.29 is 19.7 Å². The number of hydrogen-bond acceptors (Lipinski definition) is 5. The molecule has 7 nitrogen and oxygen atoms in total. The van der Waals surface area contributed by atoms with Gasteiger partial charge in [-0.15, -0.1) is 0 Å². The molecule has 0 spiro atoms. The molecule has 1 aromatic carbocycles. The lowest BCUT2D eigenvalue weighted by molar-refractivity contribution is 0.0361. The zero-order valence-corrected chi connectivity index (χ0v) is 17.1. The molecule has 1 fully saturated rings. The van der Waals surface area contributed by atoms with E-state index >= 15 is 0 Å². The maximum atomic E-state index is 12.7. The summed E-state index contributed by atoms with van der Waals surface area (Å²) in [6.45, 7) is 4.46. The fourth-order valence-corrected chi connectivity index (χ4v) is 3.45. The van der Waals surface area contributed by atoms with Crippen molar-refractivity contribution in [3.63, 3.8) is 0 Å². The predicted molar refractivity (Wildman–Crippen MR) is 107 cm³/mol. The second kappa shape index (κ2) is 9.05. The highest BCUT2D eigenvalue weighted by atomic mass is 35.5. The van der Waals surface area contributed by atoms with Gasteiger partial charge in [-0.2, -0.15) is 0 Å². The molecule has 152 valence electrons. The fourth-order valence-electron chi connectivity index (χ4n) is 3.12. The number of carbonyl (C=O) groups excluding carboxylic acids is 1. The van der Waals surface area contributed by atoms with Crippen molar-refractivity contribution in [2.75, 3.05) is 39.9 Å². The van der Waals surface area contributed by atoms with Crippen LogP contribution in [-0.2, 0) is 17.8 Å². The van der Waals surface area contributed by atoms with Gasteiger partial charge >= 0.3 is 0 Å². The highest BCUT2D eigenvalue weighted by Gasteiger charge is 2.23. The second-order valence-corrected chi connectivity index (χ2v) is 7.59. The van der Waals surface area contributed by atoms with E-state index in [1.54, 1.807) is 25.2 Å². The molecule has 0 aliphatic carbocycles. The molecule has 2 N–H and O–H groups in total. The molecule has 0 bridgehead atoms. The summed E-state index contributed by atoms with van der Waals surface area (Å²) in [6, 6.07) is 5.14. The van der Waals surface area contributed by atoms with E-state index in [9.17, 15) is 15.0 Å². The Hall–Kier alpha value is -1.93. The Labute approximate surface area is 173 Å². The molecule has 0 atom stereocenters. The first kappa shape index (κ1) is 20.8. The molecule has 28 heavy (non-hydrogen) atoms. The molecule has 2 aromatic rings. The predicted octanol–water partition coefficient (Wildman–Crippen LogP) is 2.81. The normalized spacial score (nSPS) is 15.0. The SMILES string of the molecule is CN(Cc1ccc(Cl)c(Cl)c1)C(=O)c1cn(CCN2CCOCC2)c(O)c1O. The van der Waals surface area contributed by atoms with E-state index in [0.717, 1.165) is 18.7 Å². The minimum absolute atomic E-state index is 0.0574. The van der Waals surface area contributed by atoms with Gasteiger partial charge in [0.25, 0.3) is 5.91 Å². The van der Waals surface area contributed by atoms with Crippen molar-refractivity contribution in [1.82, 2.24) is 14.4 Å². The number of halogens is 2. The van der Waals surface area contributed by atoms with Crippen LogP contribution >= 0.6 is 23.2 Å². The van der Waals surface area contributed by atoms with E-state index in [4.69, 9.17) is 27.9 Å². The molecular weight excluding hydrogens is 405 g/mol. The molecule has 0 saturated carbocycles. The number of carbonyl (C=O) groups is 1. The van der Waals surface area contributed by atoms with Crippen LogP contribution in [0.3, 0.4) is 0 Å². The molecule has 1 aliphatic heterocycles. The summed E-state index contributed by atoms with van der Waals surface area (Å²) in [5.74, 6) is -1.11. The van der Waals surface area contributed by atoms with Gasteiger partial charge < -0.3 is 24.4 Å². The van der Waals surface area contributed by atoms with Gasteiger partial charge in [0.15, 0.2) is 5.75 Å². The fraction of sp³-hybridized carbons (Fsp3) is 0.421. The Balaban J connectivity index is 1.67. The summed E-state index contributed by atoms with van der Waals surface area (Å²) < 4.78 is 6.81. The first-order valence-corrected chi connectivity index (χ1v) is 9.73. The topological polar surface area (TPSA) is 78.2 Å². The number of ether oxygens (including phenoxy) is 1. The van der Waals surface area contributed by atoms with Crippen LogP contribution in [0.25, 0.3) is 0 Å². The highest BCUT2D eigenvalue weighted by molar-refractivity contribution is 6.42. The summed E-state index contributed by atoms with van der Waals surface area (Å²) in [7, 11) is 1.62. The van der Waals surface area contributed by atoms with Crippen molar-refractivity contribution >= 4 is 29.1 Å². The van der Waals surface area contributed by atoms with Gasteiger partial charge in [-0.25, -0.2) is 0 Å². The van der Waals surface area contributed by atoms with E-state index in [1.807, 2.05) is 0 Å². The molecule has 1 saturated heterocycles. The monoisotopic (exact) mass is 427 g/mol. The highest BCUT2D eigenvalue weighted by Crippen LogP contribution is 2.32. The summed E-state index contributed by atoms with van der Waals surface area (Å²) in [4.78, 5) is 16.4. The van der Waals surface area contributed by atoms with E-state index in [-0.39, 0.29) is 18.0 Å². The van der Waals surface area contributed by atoms with Gasteiger partial charge in [0.2, 0.25) is 5.88 Å². The largest absolute Gasteiger partial charge is 0.503 e. The van der Waals surface area contributed by atoms with E-state index in [2.05, 4.69) is 4.90 Å². The quantitative estimate of drug-likeness (QED) is 0.740. The number of aromatic nitrogens is 1. The molecular formula is C19H23Cl2N3O4. The number of hydrogen-bond donors (Lipinski definition) is 2. The van der Waals surface area contributed by atoms with Crippen LogP contribution in [0.2, 0.25) is 10.0 Å². The molecule has 0 radical (unpaired) electrons. The zero-order chi connectivity index (χ0) is 20.3. The van der Waals surface area contributed by atoms with Crippen molar-refractivity contribution in [3.05, 3.63) is 45.6 Å². The number of benzene rings is 1. The lowest BCUT2D eigenvalue weighted by atomic mass is 10.2. The number of amides is 1. The summed E-state index contributed by atoms with van der Waals surface area (Å²) >= 11 is 11.9. The smallest absolute Gasteiger partial charge is 0.259 e. The van der Waals surface area contributed by atoms with Crippen LogP contribution in [0.4, 0.5) is 0 Å². The van der Waals surface area contributed by atoms with E-state index in [0.29, 0.717) is 36.3 Å². The van der Waals surface area contributed by atoms with Crippen LogP contribution in [0, 0.1) is 0 Å². The lowest BCUT2D eigenvalue weighted by Gasteiger charge is -2.26. The van der Waals surface area contributed by atoms with Crippen molar-refractivity contribution in [1.29, 1.82) is 0 Å². The Kier molecular flexibility index (Phi) is 6.72. The number of morpholine rings is 1. The van der Waals surface area contributed by atoms with Gasteiger partial charge in [0.05, 0.1) is 23.3 Å². The molecule has 1 aliphatic rings. The molecule has 0 unspecified atom stereocenters. The second-order valence-electron chi connectivity index (χ2n) is 6.77. The molecule has 1 aromatic heterocycles. The average Bonchev–Trinajstić information content (AvgIpc) is 2.97. The zero-order valence-electron chi connectivity index (χ0n) is 15.6. The minimum atomic E-state index is -0.409. The lowest BCUT2D eigenvalue weighted by Crippen LogP contribution is -2.38. The van der Waals surface area contributed by atoms with Gasteiger partial charge in [0, 0.05) is 46.0 Å². The number of rotatable bonds is 6. The van der Waals surface area contributed by atoms with Crippen LogP contribution in [-0.4, -0.2) is 70.4 Å². The Morgan fingerprint density at radius 1 is 1.18 bits per heavy atom. The van der Waals surface area contributed by atoms with Crippen molar-refractivity contribution in [3.8, 4) is 11.6 Å². The first-order chi connectivity index (χ1) is 13.4. The third-order valence-electron chi connectivity index (χ3n) is 4.77. The maximum Gasteiger partial charge on any atom is 0.259 e. The van der Waals surface area contributed by atoms with Crippen molar-refractivity contribution in [2.24, 2.45) is 0 Å². The average molecular weight is 428 g/mol. The standard InChI is InChI=1S/C19H23Cl2N3O4/c1-22(11-13-2-3-15(20)16(21)10-13)18(26)14-12-24(19(27)17(14)25)5-4-23-6-8-28-9-7-23/h2-3,10,12,25,27H,4-9,11H2,1H3. The molecule has 1 amide bonds. The van der Waals surface area contributed by atoms with Gasteiger partial charge in [-0.1, -0.05) is 29.3 Å². The van der Waals surface area contributed by atoms with Gasteiger partial charge in [-0.05, 0) is 17.7 Å². The summed E-state index contributed by atoms with van der Waals surface area (Å²) in [6.07, 6.45) is 1.48. The molecule has 2 heterocycles. The Morgan fingerprint density at radius 2 is 1.89 bits per heavy atom. The van der Waals surface area contributed by atoms with Crippen LogP contribution in [0.1, 0.15) is 15.9 Å². The summed E-state index contributed by atoms with van der Waals surface area (Å²) in [5, 5.41) is 21.3. The molecule has 3 rings (SSSR count). The first-order valence-electron chi connectivity index (χ1n) is 8.97. The number of aromatic hydroxyl groups is 2. The third kappa shape index (κ3) is 4.72. The van der Waals surface area contributed by atoms with E-state index < -0.39 is 11.7 Å². The number of nitrogens with zero attached hydrogens (tertiary/aromatic N) is 3. The molecule has 9 heteroatoms. The maximum absolute atomic E-state index is 12.7. The third-order valence-corrected chi connectivity index (χ3v) is 5.50.